The van der Waals surface area contributed by atoms with Crippen LogP contribution in [-0.4, -0.2) is 49.2 Å². The lowest BCUT2D eigenvalue weighted by Gasteiger charge is -2.27. The molecule has 3 aromatic carbocycles. The number of hydrogen-bond acceptors (Lipinski definition) is 8. The van der Waals surface area contributed by atoms with Crippen LogP contribution in [0.3, 0.4) is 0 Å². The first-order valence-corrected chi connectivity index (χ1v) is 15.3. The van der Waals surface area contributed by atoms with Gasteiger partial charge >= 0.3 is 6.09 Å². The van der Waals surface area contributed by atoms with E-state index in [1.807, 2.05) is 48.5 Å². The van der Waals surface area contributed by atoms with E-state index in [0.29, 0.717) is 42.0 Å². The van der Waals surface area contributed by atoms with Crippen molar-refractivity contribution in [1.29, 1.82) is 0 Å². The maximum atomic E-state index is 14.2. The van der Waals surface area contributed by atoms with E-state index in [1.165, 1.54) is 11.0 Å². The van der Waals surface area contributed by atoms with E-state index in [2.05, 4.69) is 15.6 Å². The Morgan fingerprint density at radius 1 is 1.05 bits per heavy atom. The number of amides is 2. The van der Waals surface area contributed by atoms with Crippen LogP contribution in [0.15, 0.2) is 77.8 Å². The third kappa shape index (κ3) is 5.60. The summed E-state index contributed by atoms with van der Waals surface area (Å²) >= 11 is 0. The van der Waals surface area contributed by atoms with Gasteiger partial charge in [0.05, 0.1) is 16.8 Å². The van der Waals surface area contributed by atoms with Gasteiger partial charge in [0.15, 0.2) is 9.84 Å². The van der Waals surface area contributed by atoms with E-state index in [0.717, 1.165) is 21.9 Å². The van der Waals surface area contributed by atoms with Crippen molar-refractivity contribution in [3.63, 3.8) is 0 Å². The second-order valence-electron chi connectivity index (χ2n) is 10.7. The summed E-state index contributed by atoms with van der Waals surface area (Å²) in [7, 11) is -1.93. The van der Waals surface area contributed by atoms with Crippen LogP contribution in [0.1, 0.15) is 35.6 Å². The molecule has 10 nitrogen and oxygen atoms in total. The fourth-order valence-corrected chi connectivity index (χ4v) is 7.12. The van der Waals surface area contributed by atoms with Crippen molar-refractivity contribution in [2.75, 3.05) is 30.0 Å². The molecule has 2 heterocycles. The van der Waals surface area contributed by atoms with Gasteiger partial charge in [-0.15, -0.1) is 0 Å². The third-order valence-electron chi connectivity index (χ3n) is 7.62. The number of aromatic nitrogens is 1. The Morgan fingerprint density at radius 3 is 2.69 bits per heavy atom. The van der Waals surface area contributed by atoms with Crippen molar-refractivity contribution >= 4 is 49.8 Å². The normalized spacial score (nSPS) is 18.0. The van der Waals surface area contributed by atoms with Gasteiger partial charge < -0.3 is 20.7 Å². The number of sulfone groups is 1. The van der Waals surface area contributed by atoms with E-state index in [-0.39, 0.29) is 24.0 Å². The second kappa shape index (κ2) is 11.0. The van der Waals surface area contributed by atoms with Crippen LogP contribution in [0, 0.1) is 0 Å². The largest absolute Gasteiger partial charge is 0.449 e. The van der Waals surface area contributed by atoms with Crippen LogP contribution in [0.4, 0.5) is 22.0 Å². The third-order valence-corrected chi connectivity index (χ3v) is 9.98. The fraction of sp³-hybridized carbons (Fsp3) is 0.258. The molecule has 1 aromatic heterocycles. The lowest BCUT2D eigenvalue weighted by molar-refractivity contribution is -0.131. The predicted molar refractivity (Wildman–Crippen MR) is 161 cm³/mol. The van der Waals surface area contributed by atoms with Gasteiger partial charge in [-0.3, -0.25) is 10.1 Å². The highest BCUT2D eigenvalue weighted by Crippen LogP contribution is 2.36. The smallest absolute Gasteiger partial charge is 0.411 e. The van der Waals surface area contributed by atoms with Gasteiger partial charge in [0, 0.05) is 43.0 Å². The topological polar surface area (TPSA) is 144 Å². The zero-order chi connectivity index (χ0) is 29.4. The summed E-state index contributed by atoms with van der Waals surface area (Å²) in [4.78, 5) is 32.5. The van der Waals surface area contributed by atoms with Gasteiger partial charge in [0.1, 0.15) is 11.9 Å². The van der Waals surface area contributed by atoms with E-state index >= 15 is 0 Å². The number of rotatable bonds is 4. The lowest BCUT2D eigenvalue weighted by atomic mass is 10.0. The Hall–Kier alpha value is -4.64. The Bertz CT molecular complexity index is 1800. The summed E-state index contributed by atoms with van der Waals surface area (Å²) in [5.74, 6) is 0.169. The Balaban J connectivity index is 1.40. The number of carbonyl (C=O) groups is 2. The molecule has 42 heavy (non-hydrogen) atoms. The molecule has 1 aliphatic heterocycles. The number of ether oxygens (including phenoxy) is 1. The quantitative estimate of drug-likeness (QED) is 0.314. The van der Waals surface area contributed by atoms with Crippen molar-refractivity contribution < 1.29 is 22.7 Å². The molecule has 1 saturated carbocycles. The van der Waals surface area contributed by atoms with Crippen molar-refractivity contribution in [3.05, 3.63) is 89.6 Å². The van der Waals surface area contributed by atoms with Crippen LogP contribution in [0.25, 0.3) is 10.8 Å². The molecule has 0 saturated heterocycles. The zero-order valence-electron chi connectivity index (χ0n) is 23.0. The number of pyridine rings is 1. The SMILES string of the molecule is CN1Cc2cc(ccc2S(=O)(=O)C2CC2)NC(=O)OCCc2cccc(c2)C(Nc2ccc3c(N)nccc3c2)C1=O. The fourth-order valence-electron chi connectivity index (χ4n) is 5.26. The van der Waals surface area contributed by atoms with Gasteiger partial charge in [-0.05, 0) is 77.4 Å². The van der Waals surface area contributed by atoms with Crippen LogP contribution in [0.5, 0.6) is 0 Å². The number of nitrogen functional groups attached to an aromatic ring is 1. The van der Waals surface area contributed by atoms with Gasteiger partial charge in [0.2, 0.25) is 5.91 Å². The molecule has 1 atom stereocenters. The standard InChI is InChI=1S/C31H31N5O5S/c1-36-18-22-17-24(6-10-27(22)42(39,40)25-7-8-25)35-31(38)41-14-12-19-3-2-4-21(15-19)28(30(36)37)34-23-5-9-26-20(16-23)11-13-33-29(26)32/h2-6,9-11,13,15-17,25,28,34H,7-8,12,14,18H2,1H3,(H2,32,33)(H,35,38). The van der Waals surface area contributed by atoms with Gasteiger partial charge in [0.25, 0.3) is 0 Å². The first-order chi connectivity index (χ1) is 20.2. The number of nitrogens with two attached hydrogens (primary N) is 1. The van der Waals surface area contributed by atoms with Crippen molar-refractivity contribution in [3.8, 4) is 0 Å². The van der Waals surface area contributed by atoms with Crippen molar-refractivity contribution in [2.24, 2.45) is 0 Å². The maximum Gasteiger partial charge on any atom is 0.411 e. The molecule has 2 aliphatic rings. The monoisotopic (exact) mass is 585 g/mol. The van der Waals surface area contributed by atoms with Crippen molar-refractivity contribution in [2.45, 2.75) is 42.0 Å². The predicted octanol–water partition coefficient (Wildman–Crippen LogP) is 4.67. The molecule has 6 rings (SSSR count). The first kappa shape index (κ1) is 27.5. The number of carbonyl (C=O) groups excluding carboxylic acids is 2. The number of cyclic esters (lactones) is 1. The molecular weight excluding hydrogens is 554 g/mol. The summed E-state index contributed by atoms with van der Waals surface area (Å²) in [6, 6.07) is 18.9. The van der Waals surface area contributed by atoms with Crippen molar-refractivity contribution in [1.82, 2.24) is 9.88 Å². The number of nitrogens with zero attached hydrogens (tertiary/aromatic N) is 2. The minimum absolute atomic E-state index is 0.0163. The number of likely N-dealkylation sites (N-methyl/N-ethyl adjacent to an activating group) is 1. The minimum Gasteiger partial charge on any atom is -0.449 e. The molecule has 0 spiro atoms. The molecule has 2 amide bonds. The maximum absolute atomic E-state index is 14.2. The van der Waals surface area contributed by atoms with Gasteiger partial charge in [-0.1, -0.05) is 24.3 Å². The number of fused-ring (bicyclic) bond motifs is 5. The van der Waals surface area contributed by atoms with Gasteiger partial charge in [-0.2, -0.15) is 0 Å². The molecule has 1 fully saturated rings. The van der Waals surface area contributed by atoms with Crippen LogP contribution in [-0.2, 0) is 32.3 Å². The highest BCUT2D eigenvalue weighted by Gasteiger charge is 2.38. The van der Waals surface area contributed by atoms with Crippen LogP contribution < -0.4 is 16.4 Å². The highest BCUT2D eigenvalue weighted by molar-refractivity contribution is 7.92. The van der Waals surface area contributed by atoms with Crippen LogP contribution >= 0.6 is 0 Å². The minimum atomic E-state index is -3.57. The lowest BCUT2D eigenvalue weighted by Crippen LogP contribution is -2.35. The number of anilines is 3. The van der Waals surface area contributed by atoms with Gasteiger partial charge in [-0.25, -0.2) is 18.2 Å². The average Bonchev–Trinajstić information content (AvgIpc) is 3.82. The van der Waals surface area contributed by atoms with Crippen LogP contribution in [0.2, 0.25) is 0 Å². The van der Waals surface area contributed by atoms with E-state index in [1.54, 1.807) is 25.4 Å². The Kier molecular flexibility index (Phi) is 7.19. The summed E-state index contributed by atoms with van der Waals surface area (Å²) in [6.45, 7) is 0.144. The number of hydrogen-bond donors (Lipinski definition) is 3. The highest BCUT2D eigenvalue weighted by atomic mass is 32.2. The summed E-state index contributed by atoms with van der Waals surface area (Å²) < 4.78 is 32.0. The average molecular weight is 586 g/mol. The summed E-state index contributed by atoms with van der Waals surface area (Å²) in [5, 5.41) is 7.33. The molecule has 4 aromatic rings. The molecule has 1 aliphatic carbocycles. The molecule has 1 unspecified atom stereocenters. The Labute approximate surface area is 243 Å². The molecule has 11 heteroatoms. The number of benzene rings is 3. The van der Waals surface area contributed by atoms with E-state index in [9.17, 15) is 18.0 Å². The summed E-state index contributed by atoms with van der Waals surface area (Å²) in [5.41, 5.74) is 9.17. The first-order valence-electron chi connectivity index (χ1n) is 13.7. The molecular formula is C31H31N5O5S. The molecule has 4 N–H and O–H groups in total. The number of nitrogens with one attached hydrogen (secondary N) is 2. The molecule has 216 valence electrons. The van der Waals surface area contributed by atoms with E-state index in [4.69, 9.17) is 10.5 Å². The van der Waals surface area contributed by atoms with E-state index < -0.39 is 27.2 Å². The second-order valence-corrected chi connectivity index (χ2v) is 12.9. The zero-order valence-corrected chi connectivity index (χ0v) is 23.9. The Morgan fingerprint density at radius 2 is 1.88 bits per heavy atom. The molecule has 0 radical (unpaired) electrons. The molecule has 4 bridgehead atoms. The summed E-state index contributed by atoms with van der Waals surface area (Å²) in [6.07, 6.45) is 2.67.